The Balaban J connectivity index is 1.55. The number of sulfonamides is 1. The Morgan fingerprint density at radius 2 is 1.82 bits per heavy atom. The van der Waals surface area contributed by atoms with Crippen molar-refractivity contribution in [2.45, 2.75) is 43.4 Å². The van der Waals surface area contributed by atoms with E-state index in [9.17, 15) is 18.0 Å². The van der Waals surface area contributed by atoms with Crippen LogP contribution in [0.4, 0.5) is 0 Å². The lowest BCUT2D eigenvalue weighted by molar-refractivity contribution is -0.122. The molecule has 2 fully saturated rings. The maximum atomic E-state index is 12.7. The van der Waals surface area contributed by atoms with E-state index in [1.165, 1.54) is 54.3 Å². The van der Waals surface area contributed by atoms with Gasteiger partial charge in [0.25, 0.3) is 5.91 Å². The largest absolute Gasteiger partial charge is 0.379 e. The van der Waals surface area contributed by atoms with Crippen LogP contribution in [0.5, 0.6) is 0 Å². The molecule has 1 saturated heterocycles. The van der Waals surface area contributed by atoms with Crippen molar-refractivity contribution in [3.8, 4) is 0 Å². The molecule has 0 radical (unpaired) electrons. The number of carbonyl (C=O) groups is 2. The van der Waals surface area contributed by atoms with Crippen molar-refractivity contribution >= 4 is 21.8 Å². The molecule has 2 aliphatic rings. The molecule has 0 spiro atoms. The molecule has 0 bridgehead atoms. The van der Waals surface area contributed by atoms with Gasteiger partial charge in [0.2, 0.25) is 15.9 Å². The van der Waals surface area contributed by atoms with Crippen molar-refractivity contribution in [2.75, 3.05) is 26.3 Å². The van der Waals surface area contributed by atoms with Gasteiger partial charge in [-0.2, -0.15) is 4.31 Å². The van der Waals surface area contributed by atoms with E-state index in [1.807, 2.05) is 0 Å². The number of benzene rings is 1. The third-order valence-corrected chi connectivity index (χ3v) is 7.17. The minimum Gasteiger partial charge on any atom is -0.379 e. The molecule has 3 rings (SSSR count). The van der Waals surface area contributed by atoms with Gasteiger partial charge in [-0.05, 0) is 30.5 Å². The highest BCUT2D eigenvalue weighted by molar-refractivity contribution is 7.89. The molecule has 8 nitrogen and oxygen atoms in total. The average molecular weight is 410 g/mol. The summed E-state index contributed by atoms with van der Waals surface area (Å²) in [6.45, 7) is 1.28. The molecule has 1 aromatic carbocycles. The first-order valence-electron chi connectivity index (χ1n) is 9.74. The van der Waals surface area contributed by atoms with Crippen LogP contribution in [0.25, 0.3) is 0 Å². The topological polar surface area (TPSA) is 105 Å². The first-order chi connectivity index (χ1) is 13.5. The average Bonchev–Trinajstić information content (AvgIpc) is 3.25. The molecule has 0 unspecified atom stereocenters. The van der Waals surface area contributed by atoms with E-state index in [0.717, 1.165) is 6.42 Å². The van der Waals surface area contributed by atoms with Crippen LogP contribution < -0.4 is 10.9 Å². The second kappa shape index (κ2) is 9.49. The predicted molar refractivity (Wildman–Crippen MR) is 103 cm³/mol. The molecular weight excluding hydrogens is 382 g/mol. The summed E-state index contributed by atoms with van der Waals surface area (Å²) in [5.74, 6) is -0.186. The number of rotatable bonds is 6. The van der Waals surface area contributed by atoms with Crippen LogP contribution in [-0.4, -0.2) is 50.8 Å². The molecule has 2 N–H and O–H groups in total. The first-order valence-corrected chi connectivity index (χ1v) is 11.2. The van der Waals surface area contributed by atoms with Crippen LogP contribution in [0.1, 0.15) is 48.9 Å². The van der Waals surface area contributed by atoms with Crippen LogP contribution in [0.3, 0.4) is 0 Å². The number of ether oxygens (including phenoxy) is 1. The van der Waals surface area contributed by atoms with Gasteiger partial charge in [0, 0.05) is 25.1 Å². The number of hydrogen-bond donors (Lipinski definition) is 2. The third-order valence-electron chi connectivity index (χ3n) is 5.27. The Morgan fingerprint density at radius 3 is 2.54 bits per heavy atom. The molecule has 1 heterocycles. The monoisotopic (exact) mass is 409 g/mol. The summed E-state index contributed by atoms with van der Waals surface area (Å²) < 4.78 is 32.0. The molecule has 0 atom stereocenters. The zero-order valence-electron chi connectivity index (χ0n) is 15.9. The zero-order valence-corrected chi connectivity index (χ0v) is 16.7. The quantitative estimate of drug-likeness (QED) is 0.692. The van der Waals surface area contributed by atoms with E-state index in [4.69, 9.17) is 4.74 Å². The molecule has 0 aromatic heterocycles. The molecule has 9 heteroatoms. The molecule has 1 aliphatic heterocycles. The number of carbonyl (C=O) groups excluding carboxylic acids is 2. The van der Waals surface area contributed by atoms with Crippen molar-refractivity contribution in [3.05, 3.63) is 29.8 Å². The maximum Gasteiger partial charge on any atom is 0.269 e. The number of amides is 2. The standard InChI is InChI=1S/C19H27N3O5S/c23-18(9-8-15-4-1-2-5-15)20-21-19(24)16-6-3-7-17(14-16)28(25,26)22-10-12-27-13-11-22/h3,6-7,14-15H,1-2,4-5,8-13H2,(H,20,23)(H,21,24). The Morgan fingerprint density at radius 1 is 1.11 bits per heavy atom. The van der Waals surface area contributed by atoms with Crippen LogP contribution in [0.2, 0.25) is 0 Å². The minimum absolute atomic E-state index is 0.0506. The number of nitrogens with zero attached hydrogens (tertiary/aromatic N) is 1. The molecule has 2 amide bonds. The third kappa shape index (κ3) is 5.30. The van der Waals surface area contributed by atoms with E-state index >= 15 is 0 Å². The number of hydrogen-bond acceptors (Lipinski definition) is 5. The molecule has 154 valence electrons. The van der Waals surface area contributed by atoms with Crippen molar-refractivity contribution in [2.24, 2.45) is 5.92 Å². The van der Waals surface area contributed by atoms with E-state index < -0.39 is 15.9 Å². The van der Waals surface area contributed by atoms with Crippen LogP contribution >= 0.6 is 0 Å². The van der Waals surface area contributed by atoms with E-state index in [2.05, 4.69) is 10.9 Å². The van der Waals surface area contributed by atoms with Crippen LogP contribution in [0, 0.1) is 5.92 Å². The lowest BCUT2D eigenvalue weighted by atomic mass is 10.0. The van der Waals surface area contributed by atoms with Gasteiger partial charge in [-0.25, -0.2) is 8.42 Å². The molecule has 1 saturated carbocycles. The number of hydrazine groups is 1. The summed E-state index contributed by atoms with van der Waals surface area (Å²) in [5, 5.41) is 0. The zero-order chi connectivity index (χ0) is 20.0. The lowest BCUT2D eigenvalue weighted by Gasteiger charge is -2.26. The van der Waals surface area contributed by atoms with Crippen molar-refractivity contribution in [1.82, 2.24) is 15.2 Å². The van der Waals surface area contributed by atoms with Gasteiger partial charge in [0.1, 0.15) is 0 Å². The van der Waals surface area contributed by atoms with Gasteiger partial charge in [0.15, 0.2) is 0 Å². The smallest absolute Gasteiger partial charge is 0.269 e. The summed E-state index contributed by atoms with van der Waals surface area (Å²) in [7, 11) is -3.68. The first kappa shape index (κ1) is 20.8. The van der Waals surface area contributed by atoms with Crippen LogP contribution in [-0.2, 0) is 19.6 Å². The fraction of sp³-hybridized carbons (Fsp3) is 0.579. The predicted octanol–water partition coefficient (Wildman–Crippen LogP) is 1.44. The van der Waals surface area contributed by atoms with E-state index in [-0.39, 0.29) is 29.5 Å². The Hall–Kier alpha value is -1.97. The number of nitrogens with one attached hydrogen (secondary N) is 2. The Bertz CT molecular complexity index is 800. The van der Waals surface area contributed by atoms with Gasteiger partial charge in [-0.15, -0.1) is 0 Å². The maximum absolute atomic E-state index is 12.7. The van der Waals surface area contributed by atoms with E-state index in [0.29, 0.717) is 25.6 Å². The summed E-state index contributed by atoms with van der Waals surface area (Å²) in [6.07, 6.45) is 6.00. The summed E-state index contributed by atoms with van der Waals surface area (Å²) >= 11 is 0. The summed E-state index contributed by atoms with van der Waals surface area (Å²) in [4.78, 5) is 24.3. The Labute approximate surface area is 165 Å². The summed E-state index contributed by atoms with van der Waals surface area (Å²) in [5.41, 5.74) is 4.95. The molecule has 28 heavy (non-hydrogen) atoms. The molecule has 1 aromatic rings. The van der Waals surface area contributed by atoms with Crippen LogP contribution in [0.15, 0.2) is 29.2 Å². The van der Waals surface area contributed by atoms with Gasteiger partial charge < -0.3 is 4.74 Å². The fourth-order valence-electron chi connectivity index (χ4n) is 3.63. The van der Waals surface area contributed by atoms with Gasteiger partial charge in [0.05, 0.1) is 18.1 Å². The number of morpholine rings is 1. The highest BCUT2D eigenvalue weighted by Gasteiger charge is 2.27. The highest BCUT2D eigenvalue weighted by atomic mass is 32.2. The van der Waals surface area contributed by atoms with E-state index in [1.54, 1.807) is 0 Å². The summed E-state index contributed by atoms with van der Waals surface area (Å²) in [6, 6.07) is 5.81. The second-order valence-corrected chi connectivity index (χ2v) is 9.17. The fourth-order valence-corrected chi connectivity index (χ4v) is 5.08. The van der Waals surface area contributed by atoms with Gasteiger partial charge in [-0.1, -0.05) is 31.7 Å². The van der Waals surface area contributed by atoms with Crippen molar-refractivity contribution in [1.29, 1.82) is 0 Å². The highest BCUT2D eigenvalue weighted by Crippen LogP contribution is 2.28. The normalized spacial score (nSPS) is 18.7. The second-order valence-electron chi connectivity index (χ2n) is 7.24. The molecular formula is C19H27N3O5S. The Kier molecular flexibility index (Phi) is 7.03. The minimum atomic E-state index is -3.68. The lowest BCUT2D eigenvalue weighted by Crippen LogP contribution is -2.42. The van der Waals surface area contributed by atoms with Gasteiger partial charge >= 0.3 is 0 Å². The van der Waals surface area contributed by atoms with Crippen molar-refractivity contribution in [3.63, 3.8) is 0 Å². The van der Waals surface area contributed by atoms with Gasteiger partial charge in [-0.3, -0.25) is 20.4 Å². The molecule has 1 aliphatic carbocycles. The van der Waals surface area contributed by atoms with Crippen molar-refractivity contribution < 1.29 is 22.7 Å². The SMILES string of the molecule is O=C(CCC1CCCC1)NNC(=O)c1cccc(S(=O)(=O)N2CCOCC2)c1.